The number of hydrogen-bond acceptors (Lipinski definition) is 4. The summed E-state index contributed by atoms with van der Waals surface area (Å²) < 4.78 is 5.06. The Hall–Kier alpha value is -0.660. The van der Waals surface area contributed by atoms with Crippen molar-refractivity contribution in [2.75, 3.05) is 11.9 Å². The number of nitrogens with two attached hydrogens (primary N) is 1. The molecular formula is C11H15Br2N3O2. The number of rotatable bonds is 7. The van der Waals surface area contributed by atoms with E-state index in [1.807, 2.05) is 0 Å². The molecule has 0 saturated heterocycles. The number of hydrogen-bond donors (Lipinski definition) is 2. The number of aromatic nitrogens is 2. The number of ether oxygens (including phenoxy) is 1. The van der Waals surface area contributed by atoms with Crippen molar-refractivity contribution in [1.29, 1.82) is 0 Å². The summed E-state index contributed by atoms with van der Waals surface area (Å²) in [6.07, 6.45) is 4.99. The van der Waals surface area contributed by atoms with Crippen LogP contribution < -0.4 is 5.73 Å². The minimum atomic E-state index is -1.17. The van der Waals surface area contributed by atoms with Crippen LogP contribution in [0.4, 0.5) is 0 Å². The number of nitrogens with one attached hydrogen (secondary N) is 1. The van der Waals surface area contributed by atoms with E-state index in [0.717, 1.165) is 5.69 Å². The molecule has 1 rings (SSSR count). The number of aromatic amines is 1. The van der Waals surface area contributed by atoms with Gasteiger partial charge < -0.3 is 15.5 Å². The summed E-state index contributed by atoms with van der Waals surface area (Å²) in [5.74, 6) is -0.474. The standard InChI is InChI=1S/C11H15Br2N3O2/c1-2-3-18-10(17)11(14,9(13)5-12)4-8-6-15-7-16-8/h2,6-7,9H,1,3-5,14H2,(H,15,16). The van der Waals surface area contributed by atoms with E-state index >= 15 is 0 Å². The van der Waals surface area contributed by atoms with Crippen LogP contribution in [0.1, 0.15) is 5.69 Å². The molecule has 5 nitrogen and oxygen atoms in total. The molecule has 3 N–H and O–H groups in total. The van der Waals surface area contributed by atoms with Crippen LogP contribution in [0.25, 0.3) is 0 Å². The number of halogens is 2. The van der Waals surface area contributed by atoms with Crippen molar-refractivity contribution in [2.24, 2.45) is 5.73 Å². The van der Waals surface area contributed by atoms with Crippen molar-refractivity contribution in [3.63, 3.8) is 0 Å². The van der Waals surface area contributed by atoms with Gasteiger partial charge in [-0.3, -0.25) is 0 Å². The van der Waals surface area contributed by atoms with Crippen molar-refractivity contribution in [1.82, 2.24) is 9.97 Å². The number of H-pyrrole nitrogens is 1. The van der Waals surface area contributed by atoms with E-state index in [-0.39, 0.29) is 11.4 Å². The predicted octanol–water partition coefficient (Wildman–Crippen LogP) is 1.54. The maximum Gasteiger partial charge on any atom is 0.328 e. The molecule has 0 aliphatic carbocycles. The molecule has 0 aromatic carbocycles. The van der Waals surface area contributed by atoms with Crippen LogP contribution in [0.2, 0.25) is 0 Å². The average Bonchev–Trinajstić information content (AvgIpc) is 2.87. The van der Waals surface area contributed by atoms with E-state index in [9.17, 15) is 4.79 Å². The first-order chi connectivity index (χ1) is 8.54. The van der Waals surface area contributed by atoms with Crippen molar-refractivity contribution in [2.45, 2.75) is 16.8 Å². The number of nitrogens with zero attached hydrogens (tertiary/aromatic N) is 1. The van der Waals surface area contributed by atoms with Gasteiger partial charge >= 0.3 is 5.97 Å². The third kappa shape index (κ3) is 3.66. The highest BCUT2D eigenvalue weighted by Gasteiger charge is 2.42. The quantitative estimate of drug-likeness (QED) is 0.427. The fourth-order valence-electron chi connectivity index (χ4n) is 1.41. The molecular weight excluding hydrogens is 366 g/mol. The number of carbonyl (C=O) groups excluding carboxylic acids is 1. The largest absolute Gasteiger partial charge is 0.460 e. The average molecular weight is 381 g/mol. The summed E-state index contributed by atoms with van der Waals surface area (Å²) in [5, 5.41) is 0.529. The van der Waals surface area contributed by atoms with Crippen LogP contribution in [-0.4, -0.2) is 38.2 Å². The monoisotopic (exact) mass is 379 g/mol. The molecule has 0 amide bonds. The molecule has 0 radical (unpaired) electrons. The van der Waals surface area contributed by atoms with E-state index in [4.69, 9.17) is 10.5 Å². The Morgan fingerprint density at radius 1 is 1.78 bits per heavy atom. The number of carbonyl (C=O) groups is 1. The Balaban J connectivity index is 2.87. The Labute approximate surface area is 122 Å². The zero-order valence-corrected chi connectivity index (χ0v) is 12.9. The summed E-state index contributed by atoms with van der Waals surface area (Å²) in [7, 11) is 0. The topological polar surface area (TPSA) is 81.0 Å². The van der Waals surface area contributed by atoms with E-state index in [2.05, 4.69) is 48.4 Å². The summed E-state index contributed by atoms with van der Waals surface area (Å²) in [6, 6.07) is 0. The van der Waals surface area contributed by atoms with Crippen LogP contribution in [-0.2, 0) is 16.0 Å². The lowest BCUT2D eigenvalue weighted by molar-refractivity contribution is -0.148. The second kappa shape index (κ2) is 7.06. The molecule has 18 heavy (non-hydrogen) atoms. The van der Waals surface area contributed by atoms with Gasteiger partial charge in [-0.25, -0.2) is 9.78 Å². The van der Waals surface area contributed by atoms with E-state index < -0.39 is 11.5 Å². The van der Waals surface area contributed by atoms with Gasteiger partial charge in [-0.2, -0.15) is 0 Å². The lowest BCUT2D eigenvalue weighted by Crippen LogP contribution is -2.58. The number of alkyl halides is 2. The first-order valence-electron chi connectivity index (χ1n) is 5.29. The first kappa shape index (κ1) is 15.4. The van der Waals surface area contributed by atoms with Gasteiger partial charge in [0.1, 0.15) is 12.1 Å². The summed E-state index contributed by atoms with van der Waals surface area (Å²) in [6.45, 7) is 3.64. The second-order valence-corrected chi connectivity index (χ2v) is 5.56. The number of esters is 1. The van der Waals surface area contributed by atoms with E-state index in [0.29, 0.717) is 11.8 Å². The Morgan fingerprint density at radius 3 is 3.00 bits per heavy atom. The molecule has 0 fully saturated rings. The van der Waals surface area contributed by atoms with E-state index in [1.54, 1.807) is 12.5 Å². The number of imidazole rings is 1. The van der Waals surface area contributed by atoms with Gasteiger partial charge in [0.2, 0.25) is 0 Å². The van der Waals surface area contributed by atoms with Crippen LogP contribution >= 0.6 is 31.9 Å². The summed E-state index contributed by atoms with van der Waals surface area (Å²) in [4.78, 5) is 18.6. The molecule has 0 aliphatic rings. The highest BCUT2D eigenvalue weighted by atomic mass is 79.9. The fraction of sp³-hybridized carbons (Fsp3) is 0.455. The van der Waals surface area contributed by atoms with Crippen molar-refractivity contribution in [3.05, 3.63) is 30.9 Å². The maximum absolute atomic E-state index is 12.1. The molecule has 7 heteroatoms. The summed E-state index contributed by atoms with van der Waals surface area (Å²) in [5.41, 5.74) is 5.80. The van der Waals surface area contributed by atoms with Gasteiger partial charge in [-0.15, -0.1) is 0 Å². The second-order valence-electron chi connectivity index (χ2n) is 3.80. The molecule has 2 atom stereocenters. The van der Waals surface area contributed by atoms with Gasteiger partial charge in [-0.1, -0.05) is 44.5 Å². The van der Waals surface area contributed by atoms with Gasteiger partial charge in [0.25, 0.3) is 0 Å². The minimum absolute atomic E-state index is 0.142. The first-order valence-corrected chi connectivity index (χ1v) is 7.32. The Bertz CT molecular complexity index is 397. The van der Waals surface area contributed by atoms with Crippen molar-refractivity contribution in [3.8, 4) is 0 Å². The fourth-order valence-corrected chi connectivity index (χ4v) is 2.34. The zero-order chi connectivity index (χ0) is 13.6. The van der Waals surface area contributed by atoms with Crippen molar-refractivity contribution < 1.29 is 9.53 Å². The van der Waals surface area contributed by atoms with Crippen LogP contribution in [0.5, 0.6) is 0 Å². The lowest BCUT2D eigenvalue weighted by Gasteiger charge is -2.30. The smallest absolute Gasteiger partial charge is 0.328 e. The predicted molar refractivity (Wildman–Crippen MR) is 76.9 cm³/mol. The third-order valence-corrected chi connectivity index (χ3v) is 5.10. The zero-order valence-electron chi connectivity index (χ0n) is 9.73. The third-order valence-electron chi connectivity index (χ3n) is 2.44. The van der Waals surface area contributed by atoms with Crippen molar-refractivity contribution >= 4 is 37.8 Å². The SMILES string of the molecule is C=CCOC(=O)C(N)(Cc1cnc[nH]1)C(Br)CBr. The molecule has 0 spiro atoms. The van der Waals surface area contributed by atoms with Gasteiger partial charge in [0, 0.05) is 23.6 Å². The van der Waals surface area contributed by atoms with Gasteiger partial charge in [0.15, 0.2) is 0 Å². The van der Waals surface area contributed by atoms with Crippen LogP contribution in [0, 0.1) is 0 Å². The Morgan fingerprint density at radius 2 is 2.50 bits per heavy atom. The molecule has 1 aromatic rings. The molecule has 0 aliphatic heterocycles. The lowest BCUT2D eigenvalue weighted by atomic mass is 9.92. The molecule has 100 valence electrons. The molecule has 1 heterocycles. The van der Waals surface area contributed by atoms with Gasteiger partial charge in [-0.05, 0) is 0 Å². The molecule has 0 bridgehead atoms. The Kier molecular flexibility index (Phi) is 6.04. The van der Waals surface area contributed by atoms with Crippen LogP contribution in [0.15, 0.2) is 25.2 Å². The maximum atomic E-state index is 12.1. The van der Waals surface area contributed by atoms with Crippen LogP contribution in [0.3, 0.4) is 0 Å². The van der Waals surface area contributed by atoms with E-state index in [1.165, 1.54) is 6.08 Å². The molecule has 2 unspecified atom stereocenters. The van der Waals surface area contributed by atoms with Gasteiger partial charge in [0.05, 0.1) is 11.2 Å². The molecule has 0 saturated carbocycles. The minimum Gasteiger partial charge on any atom is -0.460 e. The highest BCUT2D eigenvalue weighted by Crippen LogP contribution is 2.23. The highest BCUT2D eigenvalue weighted by molar-refractivity contribution is 9.12. The molecule has 1 aromatic heterocycles. The summed E-state index contributed by atoms with van der Waals surface area (Å²) >= 11 is 6.72. The normalized spacial score (nSPS) is 15.7.